The first-order chi connectivity index (χ1) is 13.0. The first kappa shape index (κ1) is 18.4. The Morgan fingerprint density at radius 1 is 1.19 bits per heavy atom. The largest absolute Gasteiger partial charge is 0.370 e. The fraction of sp³-hybridized carbons (Fsp3) is 0.250. The molecule has 27 heavy (non-hydrogen) atoms. The molecule has 0 fully saturated rings. The number of rotatable bonds is 6. The lowest BCUT2D eigenvalue weighted by Crippen LogP contribution is -2.41. The second kappa shape index (κ2) is 8.35. The average Bonchev–Trinajstić information content (AvgIpc) is 3.13. The molecule has 0 aliphatic carbocycles. The topological polar surface area (TPSA) is 83.3 Å². The lowest BCUT2D eigenvalue weighted by atomic mass is 10.2. The quantitative estimate of drug-likeness (QED) is 0.696. The van der Waals surface area contributed by atoms with Crippen LogP contribution in [0.2, 0.25) is 0 Å². The summed E-state index contributed by atoms with van der Waals surface area (Å²) in [4.78, 5) is 18.6. The van der Waals surface area contributed by atoms with Crippen molar-refractivity contribution in [2.45, 2.75) is 19.9 Å². The minimum atomic E-state index is -0.259. The van der Waals surface area contributed by atoms with Crippen molar-refractivity contribution in [1.82, 2.24) is 15.5 Å². The summed E-state index contributed by atoms with van der Waals surface area (Å²) >= 11 is 0. The number of para-hydroxylation sites is 1. The molecular weight excluding hydrogens is 342 g/mol. The zero-order valence-electron chi connectivity index (χ0n) is 15.6. The highest BCUT2D eigenvalue weighted by molar-refractivity contribution is 5.90. The van der Waals surface area contributed by atoms with Gasteiger partial charge in [-0.2, -0.15) is 4.98 Å². The van der Waals surface area contributed by atoms with Gasteiger partial charge in [0.15, 0.2) is 0 Å². The molecule has 0 aliphatic rings. The number of nitrogens with one attached hydrogen (secondary N) is 2. The van der Waals surface area contributed by atoms with Gasteiger partial charge in [0.1, 0.15) is 0 Å². The molecule has 0 saturated carbocycles. The van der Waals surface area contributed by atoms with Crippen molar-refractivity contribution in [1.29, 1.82) is 0 Å². The van der Waals surface area contributed by atoms with Gasteiger partial charge in [-0.15, -0.1) is 0 Å². The van der Waals surface area contributed by atoms with E-state index in [1.807, 2.05) is 61.6 Å². The number of hydrogen-bond donors (Lipinski definition) is 2. The maximum Gasteiger partial charge on any atom is 0.319 e. The Labute approximate surface area is 158 Å². The van der Waals surface area contributed by atoms with Gasteiger partial charge in [0.25, 0.3) is 0 Å². The molecule has 0 bridgehead atoms. The van der Waals surface area contributed by atoms with Crippen molar-refractivity contribution in [2.24, 2.45) is 0 Å². The molecule has 0 radical (unpaired) electrons. The van der Waals surface area contributed by atoms with E-state index in [1.54, 1.807) is 6.92 Å². The summed E-state index contributed by atoms with van der Waals surface area (Å²) in [6.45, 7) is 4.31. The first-order valence-electron chi connectivity index (χ1n) is 8.76. The zero-order valence-corrected chi connectivity index (χ0v) is 15.6. The van der Waals surface area contributed by atoms with Crippen molar-refractivity contribution >= 4 is 17.4 Å². The number of benzene rings is 2. The summed E-state index contributed by atoms with van der Waals surface area (Å²) < 4.78 is 5.00. The van der Waals surface area contributed by atoms with Gasteiger partial charge in [0.05, 0.1) is 0 Å². The van der Waals surface area contributed by atoms with Gasteiger partial charge in [-0.3, -0.25) is 0 Å². The molecule has 0 spiro atoms. The van der Waals surface area contributed by atoms with Gasteiger partial charge < -0.3 is 20.1 Å². The predicted octanol–water partition coefficient (Wildman–Crippen LogP) is 3.69. The van der Waals surface area contributed by atoms with Crippen LogP contribution in [0.1, 0.15) is 12.8 Å². The average molecular weight is 365 g/mol. The summed E-state index contributed by atoms with van der Waals surface area (Å²) in [6, 6.07) is 17.3. The highest BCUT2D eigenvalue weighted by Crippen LogP contribution is 2.20. The number of carbonyl (C=O) groups is 1. The van der Waals surface area contributed by atoms with Crippen molar-refractivity contribution in [3.63, 3.8) is 0 Å². The van der Waals surface area contributed by atoms with Crippen LogP contribution in [0.5, 0.6) is 0 Å². The molecule has 1 heterocycles. The molecule has 1 unspecified atom stereocenters. The van der Waals surface area contributed by atoms with Crippen LogP contribution >= 0.6 is 0 Å². The van der Waals surface area contributed by atoms with Crippen LogP contribution in [0.25, 0.3) is 11.4 Å². The maximum atomic E-state index is 12.2. The molecule has 3 rings (SSSR count). The Morgan fingerprint density at radius 3 is 2.67 bits per heavy atom. The van der Waals surface area contributed by atoms with Crippen molar-refractivity contribution in [3.05, 3.63) is 60.5 Å². The number of amides is 2. The highest BCUT2D eigenvalue weighted by atomic mass is 16.5. The summed E-state index contributed by atoms with van der Waals surface area (Å²) in [5.74, 6) is 0.993. The summed E-state index contributed by atoms with van der Waals surface area (Å²) in [5, 5.41) is 9.64. The van der Waals surface area contributed by atoms with Crippen molar-refractivity contribution in [2.75, 3.05) is 23.8 Å². The Bertz CT molecular complexity index is 894. The van der Waals surface area contributed by atoms with Crippen molar-refractivity contribution in [3.8, 4) is 11.4 Å². The second-order valence-corrected chi connectivity index (χ2v) is 6.35. The third-order valence-corrected chi connectivity index (χ3v) is 4.29. The van der Waals surface area contributed by atoms with E-state index in [4.69, 9.17) is 4.52 Å². The van der Waals surface area contributed by atoms with Crippen LogP contribution in [0.3, 0.4) is 0 Å². The van der Waals surface area contributed by atoms with Gasteiger partial charge in [-0.1, -0.05) is 35.5 Å². The van der Waals surface area contributed by atoms with Crippen LogP contribution in [0.4, 0.5) is 16.2 Å². The van der Waals surface area contributed by atoms with E-state index in [2.05, 4.69) is 32.6 Å². The van der Waals surface area contributed by atoms with Crippen LogP contribution in [-0.4, -0.2) is 35.8 Å². The van der Waals surface area contributed by atoms with E-state index in [0.29, 0.717) is 23.9 Å². The van der Waals surface area contributed by atoms with Gasteiger partial charge in [-0.25, -0.2) is 4.79 Å². The molecule has 1 aromatic heterocycles. The molecule has 7 nitrogen and oxygen atoms in total. The Kier molecular flexibility index (Phi) is 5.71. The summed E-state index contributed by atoms with van der Waals surface area (Å²) in [5.41, 5.74) is 2.55. The van der Waals surface area contributed by atoms with Crippen LogP contribution in [-0.2, 0) is 0 Å². The fourth-order valence-corrected chi connectivity index (χ4v) is 2.62. The van der Waals surface area contributed by atoms with Gasteiger partial charge in [0.2, 0.25) is 11.7 Å². The molecule has 2 N–H and O–H groups in total. The minimum absolute atomic E-state index is 0.145. The van der Waals surface area contributed by atoms with E-state index in [1.165, 1.54) is 0 Å². The number of aromatic nitrogens is 2. The number of aryl methyl sites for hydroxylation is 1. The fourth-order valence-electron chi connectivity index (χ4n) is 2.62. The molecule has 0 aliphatic heterocycles. The first-order valence-corrected chi connectivity index (χ1v) is 8.76. The zero-order chi connectivity index (χ0) is 19.2. The third-order valence-electron chi connectivity index (χ3n) is 4.29. The molecule has 2 aromatic carbocycles. The van der Waals surface area contributed by atoms with E-state index in [-0.39, 0.29) is 12.1 Å². The number of urea groups is 1. The van der Waals surface area contributed by atoms with Gasteiger partial charge >= 0.3 is 6.03 Å². The minimum Gasteiger partial charge on any atom is -0.370 e. The number of hydrogen-bond acceptors (Lipinski definition) is 5. The Balaban J connectivity index is 1.55. The second-order valence-electron chi connectivity index (χ2n) is 6.35. The lowest BCUT2D eigenvalue weighted by Gasteiger charge is -2.27. The monoisotopic (exact) mass is 365 g/mol. The lowest BCUT2D eigenvalue weighted by molar-refractivity contribution is 0.251. The number of anilines is 2. The Morgan fingerprint density at radius 2 is 1.96 bits per heavy atom. The molecule has 7 heteroatoms. The summed E-state index contributed by atoms with van der Waals surface area (Å²) in [6.07, 6.45) is 0. The number of nitrogens with zero attached hydrogens (tertiary/aromatic N) is 3. The maximum absolute atomic E-state index is 12.2. The van der Waals surface area contributed by atoms with Gasteiger partial charge in [-0.05, 0) is 31.2 Å². The van der Waals surface area contributed by atoms with E-state index in [0.717, 1.165) is 11.3 Å². The normalized spacial score (nSPS) is 11.7. The van der Waals surface area contributed by atoms with E-state index in [9.17, 15) is 4.79 Å². The molecule has 0 saturated heterocycles. The predicted molar refractivity (Wildman–Crippen MR) is 106 cm³/mol. The number of likely N-dealkylation sites (N-methyl/N-ethyl adjacent to an activating group) is 1. The Hall–Kier alpha value is -3.35. The smallest absolute Gasteiger partial charge is 0.319 e. The standard InChI is InChI=1S/C20H23N5O2/c1-14(25(3)18-10-5-4-6-11-18)13-21-20(26)23-17-9-7-8-16(12-17)19-22-15(2)27-24-19/h4-12,14H,13H2,1-3H3,(H2,21,23,26). The number of carbonyl (C=O) groups excluding carboxylic acids is 1. The van der Waals surface area contributed by atoms with E-state index < -0.39 is 0 Å². The van der Waals surface area contributed by atoms with Crippen molar-refractivity contribution < 1.29 is 9.32 Å². The SMILES string of the molecule is Cc1nc(-c2cccc(NC(=O)NCC(C)N(C)c3ccccc3)c2)no1. The third kappa shape index (κ3) is 4.84. The van der Waals surface area contributed by atoms with E-state index >= 15 is 0 Å². The molecule has 2 amide bonds. The van der Waals surface area contributed by atoms with Crippen LogP contribution < -0.4 is 15.5 Å². The molecular formula is C20H23N5O2. The van der Waals surface area contributed by atoms with Crippen LogP contribution in [0.15, 0.2) is 59.1 Å². The van der Waals surface area contributed by atoms with Gasteiger partial charge in [0, 0.05) is 43.5 Å². The van der Waals surface area contributed by atoms with Crippen LogP contribution in [0, 0.1) is 6.92 Å². The molecule has 140 valence electrons. The molecule has 1 atom stereocenters. The molecule has 3 aromatic rings. The summed E-state index contributed by atoms with van der Waals surface area (Å²) in [7, 11) is 2.01. The highest BCUT2D eigenvalue weighted by Gasteiger charge is 2.12.